The van der Waals surface area contributed by atoms with Gasteiger partial charge in [0.15, 0.2) is 0 Å². The molecule has 0 bridgehead atoms. The normalized spacial score (nSPS) is 17.4. The van der Waals surface area contributed by atoms with Crippen LogP contribution < -0.4 is 10.2 Å². The molecule has 0 radical (unpaired) electrons. The zero-order valence-corrected chi connectivity index (χ0v) is 18.8. The number of rotatable bonds is 4. The molecule has 1 atom stereocenters. The lowest BCUT2D eigenvalue weighted by Crippen LogP contribution is -2.33. The molecule has 3 aromatic rings. The largest absolute Gasteiger partial charge is 0.442 e. The first-order valence-corrected chi connectivity index (χ1v) is 11.2. The summed E-state index contributed by atoms with van der Waals surface area (Å²) in [5.74, 6) is -0.201. The van der Waals surface area contributed by atoms with Crippen LogP contribution in [0.15, 0.2) is 36.7 Å². The van der Waals surface area contributed by atoms with Crippen LogP contribution in [-0.4, -0.2) is 46.4 Å². The number of pyridine rings is 1. The molecule has 1 aliphatic heterocycles. The van der Waals surface area contributed by atoms with Crippen LogP contribution in [-0.2, 0) is 28.5 Å². The van der Waals surface area contributed by atoms with Crippen molar-refractivity contribution in [2.75, 3.05) is 18.0 Å². The molecule has 0 saturated carbocycles. The third kappa shape index (κ3) is 4.33. The van der Waals surface area contributed by atoms with E-state index in [0.29, 0.717) is 42.9 Å². The van der Waals surface area contributed by atoms with Crippen LogP contribution in [0.4, 0.5) is 23.7 Å². The number of nitrogens with one attached hydrogen (secondary N) is 2. The van der Waals surface area contributed by atoms with E-state index in [1.165, 1.54) is 24.1 Å². The molecule has 0 unspecified atom stereocenters. The first kappa shape index (κ1) is 22.9. The number of aryl methyl sites for hydroxylation is 1. The Labute approximate surface area is 198 Å². The maximum absolute atomic E-state index is 13.6. The summed E-state index contributed by atoms with van der Waals surface area (Å²) < 4.78 is 46.1. The van der Waals surface area contributed by atoms with Gasteiger partial charge in [0.25, 0.3) is 0 Å². The van der Waals surface area contributed by atoms with Crippen molar-refractivity contribution in [2.45, 2.75) is 38.5 Å². The number of fused-ring (bicyclic) bond motifs is 3. The van der Waals surface area contributed by atoms with E-state index in [1.807, 2.05) is 12.1 Å². The van der Waals surface area contributed by atoms with Crippen molar-refractivity contribution in [3.8, 4) is 22.5 Å². The predicted molar refractivity (Wildman–Crippen MR) is 121 cm³/mol. The Morgan fingerprint density at radius 2 is 2.09 bits per heavy atom. The first-order valence-electron chi connectivity index (χ1n) is 11.2. The molecule has 1 aliphatic carbocycles. The van der Waals surface area contributed by atoms with Crippen LogP contribution in [0.5, 0.6) is 0 Å². The summed E-state index contributed by atoms with van der Waals surface area (Å²) in [6.45, 7) is 1.93. The highest BCUT2D eigenvalue weighted by atomic mass is 19.4. The predicted octanol–water partition coefficient (Wildman–Crippen LogP) is 4.11. The van der Waals surface area contributed by atoms with E-state index in [0.717, 1.165) is 22.9 Å². The Balaban J connectivity index is 1.47. The summed E-state index contributed by atoms with van der Waals surface area (Å²) in [6, 6.07) is 6.86. The van der Waals surface area contributed by atoms with E-state index in [4.69, 9.17) is 4.74 Å². The fourth-order valence-electron chi connectivity index (χ4n) is 4.63. The molecular weight excluding hydrogens is 463 g/mol. The van der Waals surface area contributed by atoms with Crippen molar-refractivity contribution in [3.05, 3.63) is 53.3 Å². The van der Waals surface area contributed by atoms with E-state index in [2.05, 4.69) is 20.5 Å². The molecule has 2 aliphatic rings. The van der Waals surface area contributed by atoms with Crippen LogP contribution in [0.1, 0.15) is 30.0 Å². The van der Waals surface area contributed by atoms with E-state index in [1.54, 1.807) is 6.07 Å². The van der Waals surface area contributed by atoms with Gasteiger partial charge in [-0.15, -0.1) is 0 Å². The number of aromatic amines is 1. The number of H-pyrrole nitrogens is 1. The van der Waals surface area contributed by atoms with Crippen molar-refractivity contribution in [1.29, 1.82) is 0 Å². The van der Waals surface area contributed by atoms with Crippen molar-refractivity contribution < 1.29 is 27.5 Å². The lowest BCUT2D eigenvalue weighted by molar-refractivity contribution is -0.137. The maximum atomic E-state index is 13.6. The maximum Gasteiger partial charge on any atom is 0.418 e. The van der Waals surface area contributed by atoms with Crippen LogP contribution in [0, 0.1) is 0 Å². The number of ether oxygens (including phenoxy) is 1. The molecule has 1 fully saturated rings. The van der Waals surface area contributed by atoms with Crippen molar-refractivity contribution >= 4 is 17.7 Å². The highest BCUT2D eigenvalue weighted by Crippen LogP contribution is 2.41. The van der Waals surface area contributed by atoms with Gasteiger partial charge in [0.1, 0.15) is 6.10 Å². The summed E-state index contributed by atoms with van der Waals surface area (Å²) in [6.07, 6.45) is -1.38. The fraction of sp³-hybridized carbons (Fsp3) is 0.333. The topological polar surface area (TPSA) is 100 Å². The van der Waals surface area contributed by atoms with Gasteiger partial charge in [-0.25, -0.2) is 4.79 Å². The van der Waals surface area contributed by atoms with Gasteiger partial charge in [0.05, 0.1) is 30.0 Å². The van der Waals surface area contributed by atoms with Crippen molar-refractivity contribution in [2.24, 2.45) is 0 Å². The number of aromatic nitrogens is 3. The summed E-state index contributed by atoms with van der Waals surface area (Å²) >= 11 is 0. The second kappa shape index (κ2) is 8.71. The minimum atomic E-state index is -4.54. The van der Waals surface area contributed by atoms with E-state index in [-0.39, 0.29) is 18.0 Å². The number of cyclic esters (lactones) is 1. The van der Waals surface area contributed by atoms with Crippen molar-refractivity contribution in [3.63, 3.8) is 0 Å². The fourth-order valence-corrected chi connectivity index (χ4v) is 4.63. The molecule has 11 heteroatoms. The molecule has 1 aromatic carbocycles. The molecular formula is C24H22F3N5O3. The van der Waals surface area contributed by atoms with Crippen molar-refractivity contribution in [1.82, 2.24) is 20.5 Å². The molecule has 1 saturated heterocycles. The molecule has 2 aromatic heterocycles. The molecule has 2 amide bonds. The summed E-state index contributed by atoms with van der Waals surface area (Å²) in [5, 5.41) is 9.87. The SMILES string of the molecule is CC(=O)NC[C@H]1CN(c2ccc3c(c2)CCCc2c-3n[nH]c2-c2ccncc2C(F)(F)F)C(=O)O1. The van der Waals surface area contributed by atoms with Gasteiger partial charge in [-0.3, -0.25) is 19.8 Å². The van der Waals surface area contributed by atoms with Gasteiger partial charge in [0.2, 0.25) is 5.91 Å². The third-order valence-electron chi connectivity index (χ3n) is 6.24. The third-order valence-corrected chi connectivity index (χ3v) is 6.24. The first-order chi connectivity index (χ1) is 16.7. The lowest BCUT2D eigenvalue weighted by Gasteiger charge is -2.16. The Hall–Kier alpha value is -3.89. The standard InChI is InChI=1S/C24H22F3N5O3/c1-13(33)29-10-16-12-32(23(34)35-16)15-5-6-17-14(9-15)3-2-4-19-21(17)30-31-22(19)18-7-8-28-11-20(18)24(25,26)27/h5-9,11,16H,2-4,10,12H2,1H3,(H,29,33)(H,30,31)/t16-/m0/s1. The number of carbonyl (C=O) groups is 2. The summed E-state index contributed by atoms with van der Waals surface area (Å²) in [4.78, 5) is 28.7. The number of hydrogen-bond acceptors (Lipinski definition) is 5. The lowest BCUT2D eigenvalue weighted by atomic mass is 9.97. The molecule has 35 heavy (non-hydrogen) atoms. The smallest absolute Gasteiger partial charge is 0.418 e. The van der Waals surface area contributed by atoms with Crippen LogP contribution >= 0.6 is 0 Å². The van der Waals surface area contributed by atoms with Crippen LogP contribution in [0.25, 0.3) is 22.5 Å². The van der Waals surface area contributed by atoms with Gasteiger partial charge < -0.3 is 10.1 Å². The van der Waals surface area contributed by atoms with Gasteiger partial charge in [-0.1, -0.05) is 6.07 Å². The molecule has 3 heterocycles. The quantitative estimate of drug-likeness (QED) is 0.580. The molecule has 8 nitrogen and oxygen atoms in total. The van der Waals surface area contributed by atoms with Crippen LogP contribution in [0.3, 0.4) is 0 Å². The molecule has 182 valence electrons. The minimum Gasteiger partial charge on any atom is -0.442 e. The Morgan fingerprint density at radius 3 is 2.86 bits per heavy atom. The average Bonchev–Trinajstić information content (AvgIpc) is 3.35. The number of halogens is 3. The second-order valence-corrected chi connectivity index (χ2v) is 8.59. The summed E-state index contributed by atoms with van der Waals surface area (Å²) in [5.41, 5.74) is 3.30. The number of hydrogen-bond donors (Lipinski definition) is 2. The number of anilines is 1. The average molecular weight is 485 g/mol. The Kier molecular flexibility index (Phi) is 5.70. The highest BCUT2D eigenvalue weighted by Gasteiger charge is 2.36. The molecule has 0 spiro atoms. The van der Waals surface area contributed by atoms with Gasteiger partial charge in [-0.05, 0) is 43.0 Å². The van der Waals surface area contributed by atoms with Gasteiger partial charge in [-0.2, -0.15) is 18.3 Å². The van der Waals surface area contributed by atoms with E-state index in [9.17, 15) is 22.8 Å². The number of amides is 2. The van der Waals surface area contributed by atoms with Crippen LogP contribution in [0.2, 0.25) is 0 Å². The number of alkyl halides is 3. The van der Waals surface area contributed by atoms with Gasteiger partial charge >= 0.3 is 12.3 Å². The number of nitrogens with zero attached hydrogens (tertiary/aromatic N) is 3. The number of benzene rings is 1. The van der Waals surface area contributed by atoms with E-state index < -0.39 is 23.9 Å². The van der Waals surface area contributed by atoms with Gasteiger partial charge in [0, 0.05) is 41.7 Å². The molecule has 5 rings (SSSR count). The Morgan fingerprint density at radius 1 is 1.26 bits per heavy atom. The number of carbonyl (C=O) groups excluding carboxylic acids is 2. The highest BCUT2D eigenvalue weighted by molar-refractivity contribution is 5.91. The summed E-state index contributed by atoms with van der Waals surface area (Å²) in [7, 11) is 0. The zero-order chi connectivity index (χ0) is 24.7. The zero-order valence-electron chi connectivity index (χ0n) is 18.8. The minimum absolute atomic E-state index is 0.0198. The monoisotopic (exact) mass is 485 g/mol. The van der Waals surface area contributed by atoms with E-state index >= 15 is 0 Å². The second-order valence-electron chi connectivity index (χ2n) is 8.59. The molecule has 2 N–H and O–H groups in total. The Bertz CT molecular complexity index is 1300.